The third-order valence-electron chi connectivity index (χ3n) is 5.36. The second-order valence-electron chi connectivity index (χ2n) is 7.58. The number of hydrogen-bond acceptors (Lipinski definition) is 3. The maximum absolute atomic E-state index is 13.1. The molecule has 0 saturated carbocycles. The van der Waals surface area contributed by atoms with Crippen molar-refractivity contribution >= 4 is 6.41 Å². The number of piperidine rings is 1. The first-order valence-corrected chi connectivity index (χ1v) is 9.97. The lowest BCUT2D eigenvalue weighted by Crippen LogP contribution is -2.47. The van der Waals surface area contributed by atoms with Crippen LogP contribution in [0.25, 0.3) is 0 Å². The molecule has 0 aromatic heterocycles. The topological polar surface area (TPSA) is 50.4 Å². The van der Waals surface area contributed by atoms with E-state index in [0.717, 1.165) is 18.5 Å². The largest absolute Gasteiger partial charge is 0.416 e. The van der Waals surface area contributed by atoms with Crippen molar-refractivity contribution in [1.82, 2.24) is 10.6 Å². The molecule has 1 aliphatic heterocycles. The molecule has 2 aromatic carbocycles. The minimum absolute atomic E-state index is 0.0706. The van der Waals surface area contributed by atoms with E-state index in [4.69, 9.17) is 4.74 Å². The van der Waals surface area contributed by atoms with Gasteiger partial charge in [0, 0.05) is 12.0 Å². The molecule has 0 spiro atoms. The summed E-state index contributed by atoms with van der Waals surface area (Å²) in [6, 6.07) is 10.5. The number of halogens is 6. The SMILES string of the molecule is O=CNC(OCc1cc(C(F)(F)F)cc(C(F)(F)F)c1)C1CCCNC1c1ccccc1. The average Bonchev–Trinajstić information content (AvgIpc) is 2.76. The Morgan fingerprint density at radius 3 is 2.22 bits per heavy atom. The summed E-state index contributed by atoms with van der Waals surface area (Å²) in [7, 11) is 0. The summed E-state index contributed by atoms with van der Waals surface area (Å²) in [6.45, 7) is 0.197. The van der Waals surface area contributed by atoms with Crippen molar-refractivity contribution in [2.45, 2.75) is 44.1 Å². The molecule has 174 valence electrons. The highest BCUT2D eigenvalue weighted by Gasteiger charge is 2.37. The monoisotopic (exact) mass is 460 g/mol. The molecule has 0 aliphatic carbocycles. The average molecular weight is 460 g/mol. The van der Waals surface area contributed by atoms with Gasteiger partial charge >= 0.3 is 12.4 Å². The second-order valence-corrected chi connectivity index (χ2v) is 7.58. The summed E-state index contributed by atoms with van der Waals surface area (Å²) in [5.74, 6) is -0.274. The normalized spacial score (nSPS) is 20.6. The van der Waals surface area contributed by atoms with Crippen molar-refractivity contribution in [3.05, 3.63) is 70.8 Å². The van der Waals surface area contributed by atoms with Crippen LogP contribution in [-0.2, 0) is 28.5 Å². The molecule has 1 saturated heterocycles. The van der Waals surface area contributed by atoms with Gasteiger partial charge in [0.25, 0.3) is 0 Å². The van der Waals surface area contributed by atoms with Crippen LogP contribution in [0.1, 0.15) is 41.1 Å². The van der Waals surface area contributed by atoms with Gasteiger partial charge in [-0.25, -0.2) is 0 Å². The van der Waals surface area contributed by atoms with E-state index in [1.165, 1.54) is 0 Å². The number of carbonyl (C=O) groups excluding carboxylic acids is 1. The predicted molar refractivity (Wildman–Crippen MR) is 104 cm³/mol. The summed E-state index contributed by atoms with van der Waals surface area (Å²) in [6.07, 6.45) is -8.96. The van der Waals surface area contributed by atoms with E-state index in [-0.39, 0.29) is 23.6 Å². The molecule has 3 rings (SSSR count). The molecule has 4 nitrogen and oxygen atoms in total. The van der Waals surface area contributed by atoms with Crippen LogP contribution in [0.15, 0.2) is 48.5 Å². The maximum Gasteiger partial charge on any atom is 0.416 e. The maximum atomic E-state index is 13.1. The van der Waals surface area contributed by atoms with E-state index >= 15 is 0 Å². The molecule has 2 aromatic rings. The van der Waals surface area contributed by atoms with Crippen LogP contribution in [0.4, 0.5) is 26.3 Å². The van der Waals surface area contributed by atoms with Gasteiger partial charge in [-0.05, 0) is 48.7 Å². The van der Waals surface area contributed by atoms with Crippen molar-refractivity contribution in [2.24, 2.45) is 5.92 Å². The number of hydrogen-bond donors (Lipinski definition) is 2. The molecule has 1 fully saturated rings. The Kier molecular flexibility index (Phi) is 7.45. The van der Waals surface area contributed by atoms with Gasteiger partial charge < -0.3 is 15.4 Å². The van der Waals surface area contributed by atoms with Crippen molar-refractivity contribution in [3.8, 4) is 0 Å². The van der Waals surface area contributed by atoms with Gasteiger partial charge in [-0.15, -0.1) is 0 Å². The molecule has 1 aliphatic rings. The van der Waals surface area contributed by atoms with Gasteiger partial charge in [-0.3, -0.25) is 4.79 Å². The van der Waals surface area contributed by atoms with E-state index in [1.54, 1.807) is 0 Å². The molecular formula is C22H22F6N2O2. The second kappa shape index (κ2) is 9.91. The first-order valence-electron chi connectivity index (χ1n) is 9.97. The number of nitrogens with one attached hydrogen (secondary N) is 2. The van der Waals surface area contributed by atoms with Gasteiger partial charge in [0.2, 0.25) is 6.41 Å². The van der Waals surface area contributed by atoms with Crippen LogP contribution in [0.2, 0.25) is 0 Å². The summed E-state index contributed by atoms with van der Waals surface area (Å²) < 4.78 is 84.3. The number of alkyl halides is 6. The Balaban J connectivity index is 1.84. The fourth-order valence-corrected chi connectivity index (χ4v) is 3.92. The zero-order valence-electron chi connectivity index (χ0n) is 16.8. The highest BCUT2D eigenvalue weighted by Crippen LogP contribution is 2.37. The van der Waals surface area contributed by atoms with Crippen LogP contribution in [0.5, 0.6) is 0 Å². The van der Waals surface area contributed by atoms with Gasteiger partial charge in [0.05, 0.1) is 17.7 Å². The van der Waals surface area contributed by atoms with Gasteiger partial charge in [-0.1, -0.05) is 30.3 Å². The van der Waals surface area contributed by atoms with Gasteiger partial charge in [0.15, 0.2) is 0 Å². The van der Waals surface area contributed by atoms with Crippen LogP contribution < -0.4 is 10.6 Å². The van der Waals surface area contributed by atoms with Crippen molar-refractivity contribution < 1.29 is 35.9 Å². The summed E-state index contributed by atoms with van der Waals surface area (Å²) in [5.41, 5.74) is -2.17. The quantitative estimate of drug-likeness (QED) is 0.345. The standard InChI is InChI=1S/C22H22F6N2O2/c23-21(24,25)16-9-14(10-17(11-16)22(26,27)28)12-32-20(30-13-31)18-7-4-8-29-19(18)15-5-2-1-3-6-15/h1-3,5-6,9-11,13,18-20,29H,4,7-8,12H2,(H,30,31). The number of benzene rings is 2. The molecule has 2 N–H and O–H groups in total. The van der Waals surface area contributed by atoms with Crippen molar-refractivity contribution in [3.63, 3.8) is 0 Å². The van der Waals surface area contributed by atoms with E-state index in [2.05, 4.69) is 10.6 Å². The molecule has 3 atom stereocenters. The van der Waals surface area contributed by atoms with E-state index < -0.39 is 36.3 Å². The molecule has 0 radical (unpaired) electrons. The van der Waals surface area contributed by atoms with Gasteiger partial charge in [0.1, 0.15) is 6.23 Å². The highest BCUT2D eigenvalue weighted by molar-refractivity contribution is 5.46. The van der Waals surface area contributed by atoms with Crippen LogP contribution in [0.3, 0.4) is 0 Å². The Morgan fingerprint density at radius 1 is 1.03 bits per heavy atom. The van der Waals surface area contributed by atoms with E-state index in [1.807, 2.05) is 30.3 Å². The van der Waals surface area contributed by atoms with Crippen molar-refractivity contribution in [2.75, 3.05) is 6.54 Å². The Morgan fingerprint density at radius 2 is 1.66 bits per heavy atom. The molecule has 3 unspecified atom stereocenters. The highest BCUT2D eigenvalue weighted by atomic mass is 19.4. The summed E-state index contributed by atoms with van der Waals surface area (Å²) in [4.78, 5) is 11.2. The van der Waals surface area contributed by atoms with Gasteiger partial charge in [-0.2, -0.15) is 26.3 Å². The first kappa shape index (κ1) is 24.1. The number of carbonyl (C=O) groups is 1. The lowest BCUT2D eigenvalue weighted by molar-refractivity contribution is -0.143. The Bertz CT molecular complexity index is 869. The van der Waals surface area contributed by atoms with Crippen LogP contribution >= 0.6 is 0 Å². The molecular weight excluding hydrogens is 438 g/mol. The summed E-state index contributed by atoms with van der Waals surface area (Å²) in [5, 5.41) is 5.87. The fourth-order valence-electron chi connectivity index (χ4n) is 3.92. The third-order valence-corrected chi connectivity index (χ3v) is 5.36. The molecule has 1 heterocycles. The zero-order chi connectivity index (χ0) is 23.4. The first-order chi connectivity index (χ1) is 15.1. The Labute approximate surface area is 181 Å². The minimum atomic E-state index is -4.94. The van der Waals surface area contributed by atoms with E-state index in [9.17, 15) is 31.1 Å². The van der Waals surface area contributed by atoms with Crippen LogP contribution in [0, 0.1) is 5.92 Å². The number of amides is 1. The molecule has 0 bridgehead atoms. The smallest absolute Gasteiger partial charge is 0.353 e. The number of rotatable bonds is 7. The minimum Gasteiger partial charge on any atom is -0.353 e. The molecule has 10 heteroatoms. The zero-order valence-corrected chi connectivity index (χ0v) is 16.8. The summed E-state index contributed by atoms with van der Waals surface area (Å²) >= 11 is 0. The van der Waals surface area contributed by atoms with Crippen LogP contribution in [-0.4, -0.2) is 19.2 Å². The lowest BCUT2D eigenvalue weighted by Gasteiger charge is -2.37. The van der Waals surface area contributed by atoms with Crippen molar-refractivity contribution in [1.29, 1.82) is 0 Å². The Hall–Kier alpha value is -2.59. The molecule has 32 heavy (non-hydrogen) atoms. The van der Waals surface area contributed by atoms with E-state index in [0.29, 0.717) is 25.0 Å². The number of ether oxygens (including phenoxy) is 1. The fraction of sp³-hybridized carbons (Fsp3) is 0.409. The molecule has 1 amide bonds. The predicted octanol–water partition coefficient (Wildman–Crippen LogP) is 5.05. The lowest BCUT2D eigenvalue weighted by atomic mass is 9.85. The third kappa shape index (κ3) is 6.01.